The summed E-state index contributed by atoms with van der Waals surface area (Å²) in [5.74, 6) is 0.113. The first-order valence-corrected chi connectivity index (χ1v) is 8.85. The first-order chi connectivity index (χ1) is 10.9. The van der Waals surface area contributed by atoms with Crippen LogP contribution in [-0.2, 0) is 23.2 Å². The van der Waals surface area contributed by atoms with Crippen LogP contribution in [0.3, 0.4) is 0 Å². The van der Waals surface area contributed by atoms with Crippen molar-refractivity contribution < 1.29 is 4.79 Å². The molecule has 2 N–H and O–H groups in total. The molecule has 0 atom stereocenters. The minimum absolute atomic E-state index is 0.113. The van der Waals surface area contributed by atoms with Crippen LogP contribution in [-0.4, -0.2) is 10.9 Å². The fraction of sp³-hybridized carbons (Fsp3) is 0.444. The third-order valence-electron chi connectivity index (χ3n) is 3.97. The van der Waals surface area contributed by atoms with E-state index < -0.39 is 0 Å². The highest BCUT2D eigenvalue weighted by Gasteiger charge is 2.17. The minimum atomic E-state index is 0.113. The molecule has 2 aromatic rings. The molecule has 5 heteroatoms. The number of aryl methyl sites for hydroxylation is 1. The Hall–Kier alpha value is -1.88. The fourth-order valence-corrected chi connectivity index (χ4v) is 3.52. The summed E-state index contributed by atoms with van der Waals surface area (Å²) in [6.07, 6.45) is 4.43. The van der Waals surface area contributed by atoms with Gasteiger partial charge in [0.05, 0.1) is 6.54 Å². The molecule has 0 bridgehead atoms. The third-order valence-corrected chi connectivity index (χ3v) is 5.39. The SMILES string of the molecule is CC(C)(C)c1cnc(CNc2ccc3c(c2)CCCC(=O)N3)s1. The topological polar surface area (TPSA) is 54.0 Å². The van der Waals surface area contributed by atoms with E-state index >= 15 is 0 Å². The Morgan fingerprint density at radius 2 is 2.13 bits per heavy atom. The van der Waals surface area contributed by atoms with Crippen molar-refractivity contribution in [2.24, 2.45) is 0 Å². The zero-order valence-corrected chi connectivity index (χ0v) is 14.7. The number of nitrogens with one attached hydrogen (secondary N) is 2. The van der Waals surface area contributed by atoms with Crippen LogP contribution in [0.15, 0.2) is 24.4 Å². The normalized spacial score (nSPS) is 14.8. The molecule has 23 heavy (non-hydrogen) atoms. The third kappa shape index (κ3) is 3.91. The molecule has 0 saturated heterocycles. The van der Waals surface area contributed by atoms with Gasteiger partial charge in [0.1, 0.15) is 5.01 Å². The lowest BCUT2D eigenvalue weighted by Gasteiger charge is -2.14. The molecule has 1 aliphatic heterocycles. The van der Waals surface area contributed by atoms with Crippen molar-refractivity contribution in [1.29, 1.82) is 0 Å². The molecule has 1 aromatic carbocycles. The number of fused-ring (bicyclic) bond motifs is 1. The van der Waals surface area contributed by atoms with E-state index in [1.165, 1.54) is 10.4 Å². The van der Waals surface area contributed by atoms with Crippen molar-refractivity contribution in [1.82, 2.24) is 4.98 Å². The smallest absolute Gasteiger partial charge is 0.224 e. The van der Waals surface area contributed by atoms with Crippen molar-refractivity contribution in [3.63, 3.8) is 0 Å². The number of hydrogen-bond donors (Lipinski definition) is 2. The summed E-state index contributed by atoms with van der Waals surface area (Å²) in [6.45, 7) is 7.35. The number of anilines is 2. The second kappa shape index (κ2) is 6.32. The Balaban J connectivity index is 1.68. The van der Waals surface area contributed by atoms with Crippen LogP contribution in [0.2, 0.25) is 0 Å². The maximum Gasteiger partial charge on any atom is 0.224 e. The number of carbonyl (C=O) groups is 1. The van der Waals surface area contributed by atoms with Gasteiger partial charge in [0.25, 0.3) is 0 Å². The van der Waals surface area contributed by atoms with Crippen molar-refractivity contribution in [2.75, 3.05) is 10.6 Å². The molecule has 1 amide bonds. The van der Waals surface area contributed by atoms with E-state index in [0.717, 1.165) is 35.8 Å². The number of nitrogens with zero attached hydrogens (tertiary/aromatic N) is 1. The Morgan fingerprint density at radius 1 is 1.30 bits per heavy atom. The zero-order chi connectivity index (χ0) is 16.4. The molecule has 0 fully saturated rings. The maximum absolute atomic E-state index is 11.6. The van der Waals surface area contributed by atoms with Gasteiger partial charge in [0.15, 0.2) is 0 Å². The molecule has 2 heterocycles. The van der Waals surface area contributed by atoms with Gasteiger partial charge in [-0.1, -0.05) is 20.8 Å². The fourth-order valence-electron chi connectivity index (χ4n) is 2.60. The van der Waals surface area contributed by atoms with E-state index in [1.54, 1.807) is 11.3 Å². The summed E-state index contributed by atoms with van der Waals surface area (Å²) in [5, 5.41) is 7.50. The standard InChI is InChI=1S/C18H23N3OS/c1-18(2,3)15-10-20-17(23-15)11-19-13-7-8-14-12(9-13)5-4-6-16(22)21-14/h7-10,19H,4-6,11H2,1-3H3,(H,21,22). The van der Waals surface area contributed by atoms with Crippen LogP contribution in [0.1, 0.15) is 49.1 Å². The van der Waals surface area contributed by atoms with Gasteiger partial charge in [-0.15, -0.1) is 11.3 Å². The van der Waals surface area contributed by atoms with E-state index in [9.17, 15) is 4.79 Å². The molecule has 122 valence electrons. The van der Waals surface area contributed by atoms with Crippen molar-refractivity contribution in [2.45, 2.75) is 52.0 Å². The average molecular weight is 329 g/mol. The molecule has 1 aromatic heterocycles. The monoisotopic (exact) mass is 329 g/mol. The number of hydrogen-bond acceptors (Lipinski definition) is 4. The van der Waals surface area contributed by atoms with Gasteiger partial charge < -0.3 is 10.6 Å². The van der Waals surface area contributed by atoms with Gasteiger partial charge in [-0.3, -0.25) is 4.79 Å². The second-order valence-electron chi connectivity index (χ2n) is 7.00. The summed E-state index contributed by atoms with van der Waals surface area (Å²) < 4.78 is 0. The Kier molecular flexibility index (Phi) is 4.39. The van der Waals surface area contributed by atoms with Crippen molar-refractivity contribution in [3.05, 3.63) is 39.8 Å². The lowest BCUT2D eigenvalue weighted by Crippen LogP contribution is -2.09. The molecule has 0 radical (unpaired) electrons. The van der Waals surface area contributed by atoms with Gasteiger partial charge >= 0.3 is 0 Å². The summed E-state index contributed by atoms with van der Waals surface area (Å²) in [4.78, 5) is 17.4. The molecule has 0 spiro atoms. The minimum Gasteiger partial charge on any atom is -0.379 e. The molecule has 4 nitrogen and oxygen atoms in total. The lowest BCUT2D eigenvalue weighted by molar-refractivity contribution is -0.116. The van der Waals surface area contributed by atoms with Gasteiger partial charge in [0, 0.05) is 28.9 Å². The zero-order valence-electron chi connectivity index (χ0n) is 13.9. The molecule has 3 rings (SSSR count). The number of thiazole rings is 1. The number of carbonyl (C=O) groups excluding carboxylic acids is 1. The number of rotatable bonds is 3. The predicted molar refractivity (Wildman–Crippen MR) is 96.2 cm³/mol. The summed E-state index contributed by atoms with van der Waals surface area (Å²) in [6, 6.07) is 6.14. The van der Waals surface area contributed by atoms with Crippen molar-refractivity contribution >= 4 is 28.6 Å². The molecule has 0 saturated carbocycles. The van der Waals surface area contributed by atoms with Gasteiger partial charge in [-0.05, 0) is 42.0 Å². The summed E-state index contributed by atoms with van der Waals surface area (Å²) in [5.41, 5.74) is 3.38. The van der Waals surface area contributed by atoms with Crippen LogP contribution in [0.4, 0.5) is 11.4 Å². The largest absolute Gasteiger partial charge is 0.379 e. The Labute approximate surface area is 141 Å². The first kappa shape index (κ1) is 16.0. The molecule has 0 unspecified atom stereocenters. The Bertz CT molecular complexity index is 715. The van der Waals surface area contributed by atoms with Crippen LogP contribution in [0.25, 0.3) is 0 Å². The number of aromatic nitrogens is 1. The van der Waals surface area contributed by atoms with E-state index in [1.807, 2.05) is 18.3 Å². The van der Waals surface area contributed by atoms with Crippen LogP contribution < -0.4 is 10.6 Å². The lowest BCUT2D eigenvalue weighted by atomic mass is 9.96. The second-order valence-corrected chi connectivity index (χ2v) is 8.11. The number of benzene rings is 1. The van der Waals surface area contributed by atoms with E-state index in [-0.39, 0.29) is 11.3 Å². The first-order valence-electron chi connectivity index (χ1n) is 8.04. The van der Waals surface area contributed by atoms with Crippen LogP contribution in [0, 0.1) is 0 Å². The molecular formula is C18H23N3OS. The quantitative estimate of drug-likeness (QED) is 0.881. The molecule has 0 aliphatic carbocycles. The van der Waals surface area contributed by atoms with Crippen LogP contribution in [0.5, 0.6) is 0 Å². The summed E-state index contributed by atoms with van der Waals surface area (Å²) >= 11 is 1.76. The highest BCUT2D eigenvalue weighted by Crippen LogP contribution is 2.29. The van der Waals surface area contributed by atoms with Crippen molar-refractivity contribution in [3.8, 4) is 0 Å². The van der Waals surface area contributed by atoms with E-state index in [4.69, 9.17) is 0 Å². The maximum atomic E-state index is 11.6. The Morgan fingerprint density at radius 3 is 2.87 bits per heavy atom. The highest BCUT2D eigenvalue weighted by molar-refractivity contribution is 7.11. The van der Waals surface area contributed by atoms with E-state index in [0.29, 0.717) is 6.42 Å². The molecule has 1 aliphatic rings. The number of amides is 1. The van der Waals surface area contributed by atoms with Gasteiger partial charge in [0.2, 0.25) is 5.91 Å². The summed E-state index contributed by atoms with van der Waals surface area (Å²) in [7, 11) is 0. The predicted octanol–water partition coefficient (Wildman–Crippen LogP) is 4.33. The van der Waals surface area contributed by atoms with Gasteiger partial charge in [-0.2, -0.15) is 0 Å². The highest BCUT2D eigenvalue weighted by atomic mass is 32.1. The molecular weight excluding hydrogens is 306 g/mol. The van der Waals surface area contributed by atoms with Crippen LogP contribution >= 0.6 is 11.3 Å². The average Bonchev–Trinajstić information content (AvgIpc) is 2.89. The van der Waals surface area contributed by atoms with Gasteiger partial charge in [-0.25, -0.2) is 4.98 Å². The van der Waals surface area contributed by atoms with E-state index in [2.05, 4.69) is 42.5 Å².